The van der Waals surface area contributed by atoms with Gasteiger partial charge in [-0.1, -0.05) is 0 Å². The van der Waals surface area contributed by atoms with E-state index < -0.39 is 17.4 Å². The maximum Gasteiger partial charge on any atom is 0.249 e. The number of hydrogen-bond donors (Lipinski definition) is 1. The van der Waals surface area contributed by atoms with Crippen molar-refractivity contribution in [2.24, 2.45) is 0 Å². The van der Waals surface area contributed by atoms with Crippen LogP contribution in [-0.2, 0) is 14.3 Å². The summed E-state index contributed by atoms with van der Waals surface area (Å²) in [4.78, 5) is 21.9. The Hall–Kier alpha value is -0.610. The van der Waals surface area contributed by atoms with Gasteiger partial charge in [0.1, 0.15) is 12.1 Å². The summed E-state index contributed by atoms with van der Waals surface area (Å²) in [7, 11) is 0. The molecular formula is C8H12ClNO3. The van der Waals surface area contributed by atoms with Crippen LogP contribution in [0.2, 0.25) is 0 Å². The van der Waals surface area contributed by atoms with Crippen LogP contribution >= 0.6 is 11.6 Å². The van der Waals surface area contributed by atoms with Gasteiger partial charge in [0.25, 0.3) is 0 Å². The molecule has 1 amide bonds. The van der Waals surface area contributed by atoms with Crippen LogP contribution in [-0.4, -0.2) is 29.9 Å². The van der Waals surface area contributed by atoms with Gasteiger partial charge in [0.15, 0.2) is 0 Å². The third-order valence-electron chi connectivity index (χ3n) is 1.92. The summed E-state index contributed by atoms with van der Waals surface area (Å²) in [6.45, 7) is 2.16. The molecule has 13 heavy (non-hydrogen) atoms. The van der Waals surface area contributed by atoms with Gasteiger partial charge in [-0.2, -0.15) is 0 Å². The topological polar surface area (TPSA) is 55.4 Å². The Bertz CT molecular complexity index is 213. The maximum atomic E-state index is 11.3. The molecule has 0 aliphatic carbocycles. The van der Waals surface area contributed by atoms with E-state index in [0.29, 0.717) is 6.61 Å². The van der Waals surface area contributed by atoms with E-state index in [1.54, 1.807) is 6.92 Å². The lowest BCUT2D eigenvalue weighted by molar-refractivity contribution is -0.132. The Morgan fingerprint density at radius 1 is 1.62 bits per heavy atom. The van der Waals surface area contributed by atoms with Crippen LogP contribution in [0.25, 0.3) is 0 Å². The monoisotopic (exact) mass is 205 g/mol. The van der Waals surface area contributed by atoms with E-state index >= 15 is 0 Å². The van der Waals surface area contributed by atoms with Crippen LogP contribution in [0.5, 0.6) is 0 Å². The minimum atomic E-state index is -0.640. The van der Waals surface area contributed by atoms with Crippen molar-refractivity contribution >= 4 is 22.8 Å². The third kappa shape index (κ3) is 2.97. The largest absolute Gasteiger partial charge is 0.368 e. The van der Waals surface area contributed by atoms with Gasteiger partial charge in [0.2, 0.25) is 11.1 Å². The van der Waals surface area contributed by atoms with Crippen molar-refractivity contribution in [2.75, 3.05) is 6.61 Å². The predicted octanol–water partition coefficient (Wildman–Crippen LogP) is 0.435. The molecule has 1 saturated heterocycles. The molecule has 1 rings (SSSR count). The lowest BCUT2D eigenvalue weighted by Gasteiger charge is -2.13. The molecule has 1 N–H and O–H groups in total. The SMILES string of the molecule is CC(NC(=O)C1CCCO1)C(=O)Cl. The molecule has 0 radical (unpaired) electrons. The zero-order chi connectivity index (χ0) is 9.84. The van der Waals surface area contributed by atoms with Gasteiger partial charge in [-0.25, -0.2) is 0 Å². The van der Waals surface area contributed by atoms with E-state index in [2.05, 4.69) is 5.32 Å². The van der Waals surface area contributed by atoms with Crippen molar-refractivity contribution in [1.82, 2.24) is 5.32 Å². The van der Waals surface area contributed by atoms with E-state index in [4.69, 9.17) is 16.3 Å². The molecule has 2 unspecified atom stereocenters. The van der Waals surface area contributed by atoms with Gasteiger partial charge < -0.3 is 10.1 Å². The van der Waals surface area contributed by atoms with E-state index in [1.807, 2.05) is 0 Å². The predicted molar refractivity (Wildman–Crippen MR) is 47.4 cm³/mol. The number of carbonyl (C=O) groups excluding carboxylic acids is 2. The van der Waals surface area contributed by atoms with E-state index in [0.717, 1.165) is 12.8 Å². The number of amides is 1. The van der Waals surface area contributed by atoms with Gasteiger partial charge >= 0.3 is 0 Å². The molecule has 0 aromatic heterocycles. The van der Waals surface area contributed by atoms with Crippen molar-refractivity contribution in [3.8, 4) is 0 Å². The average Bonchev–Trinajstić information content (AvgIpc) is 2.55. The fourth-order valence-corrected chi connectivity index (χ4v) is 1.20. The zero-order valence-corrected chi connectivity index (χ0v) is 8.13. The van der Waals surface area contributed by atoms with Crippen LogP contribution in [0.4, 0.5) is 0 Å². The Morgan fingerprint density at radius 2 is 2.31 bits per heavy atom. The Kier molecular flexibility index (Phi) is 3.69. The van der Waals surface area contributed by atoms with Gasteiger partial charge in [0, 0.05) is 6.61 Å². The summed E-state index contributed by atoms with van der Waals surface area (Å²) in [6, 6.07) is -0.640. The quantitative estimate of drug-likeness (QED) is 0.681. The van der Waals surface area contributed by atoms with Gasteiger partial charge in [-0.3, -0.25) is 9.59 Å². The number of ether oxygens (including phenoxy) is 1. The molecule has 2 atom stereocenters. The highest BCUT2D eigenvalue weighted by molar-refractivity contribution is 6.64. The molecule has 1 aliphatic rings. The molecule has 1 heterocycles. The summed E-state index contributed by atoms with van der Waals surface area (Å²) in [5.41, 5.74) is 0. The summed E-state index contributed by atoms with van der Waals surface area (Å²) in [5.74, 6) is -0.251. The smallest absolute Gasteiger partial charge is 0.249 e. The highest BCUT2D eigenvalue weighted by Crippen LogP contribution is 2.11. The summed E-state index contributed by atoms with van der Waals surface area (Å²) in [5, 5.41) is 1.91. The number of halogens is 1. The molecule has 0 spiro atoms. The second kappa shape index (κ2) is 4.58. The Morgan fingerprint density at radius 3 is 2.77 bits per heavy atom. The minimum Gasteiger partial charge on any atom is -0.368 e. The fourth-order valence-electron chi connectivity index (χ4n) is 1.15. The number of nitrogens with one attached hydrogen (secondary N) is 1. The third-order valence-corrected chi connectivity index (χ3v) is 2.25. The normalized spacial score (nSPS) is 24.0. The molecular weight excluding hydrogens is 194 g/mol. The molecule has 74 valence electrons. The number of carbonyl (C=O) groups is 2. The first kappa shape index (κ1) is 10.5. The van der Waals surface area contributed by atoms with Crippen LogP contribution in [0.3, 0.4) is 0 Å². The molecule has 4 nitrogen and oxygen atoms in total. The van der Waals surface area contributed by atoms with Crippen molar-refractivity contribution < 1.29 is 14.3 Å². The molecule has 0 aromatic carbocycles. The van der Waals surface area contributed by atoms with Crippen LogP contribution < -0.4 is 5.32 Å². The molecule has 5 heteroatoms. The van der Waals surface area contributed by atoms with Gasteiger partial charge in [-0.05, 0) is 31.4 Å². The lowest BCUT2D eigenvalue weighted by Crippen LogP contribution is -2.42. The van der Waals surface area contributed by atoms with Crippen molar-refractivity contribution in [3.05, 3.63) is 0 Å². The van der Waals surface area contributed by atoms with E-state index in [-0.39, 0.29) is 5.91 Å². The second-order valence-electron chi connectivity index (χ2n) is 3.04. The van der Waals surface area contributed by atoms with Crippen molar-refractivity contribution in [1.29, 1.82) is 0 Å². The van der Waals surface area contributed by atoms with Crippen LogP contribution in [0, 0.1) is 0 Å². The highest BCUT2D eigenvalue weighted by atomic mass is 35.5. The minimum absolute atomic E-state index is 0.251. The summed E-state index contributed by atoms with van der Waals surface area (Å²) in [6.07, 6.45) is 1.20. The first-order valence-corrected chi connectivity index (χ1v) is 4.60. The fraction of sp³-hybridized carbons (Fsp3) is 0.750. The van der Waals surface area contributed by atoms with E-state index in [1.165, 1.54) is 0 Å². The highest BCUT2D eigenvalue weighted by Gasteiger charge is 2.25. The van der Waals surface area contributed by atoms with E-state index in [9.17, 15) is 9.59 Å². The van der Waals surface area contributed by atoms with Crippen LogP contribution in [0.15, 0.2) is 0 Å². The number of rotatable bonds is 3. The van der Waals surface area contributed by atoms with Gasteiger partial charge in [-0.15, -0.1) is 0 Å². The maximum absolute atomic E-state index is 11.3. The lowest BCUT2D eigenvalue weighted by atomic mass is 10.2. The van der Waals surface area contributed by atoms with Crippen molar-refractivity contribution in [2.45, 2.75) is 31.9 Å². The standard InChI is InChI=1S/C8H12ClNO3/c1-5(7(9)11)10-8(12)6-3-2-4-13-6/h5-6H,2-4H2,1H3,(H,10,12). The number of hydrogen-bond acceptors (Lipinski definition) is 3. The molecule has 0 bridgehead atoms. The summed E-state index contributed by atoms with van der Waals surface area (Å²) >= 11 is 5.18. The molecule has 0 aromatic rings. The second-order valence-corrected chi connectivity index (χ2v) is 3.41. The molecule has 1 fully saturated rings. The zero-order valence-electron chi connectivity index (χ0n) is 7.38. The Labute approximate surface area is 81.6 Å². The first-order valence-electron chi connectivity index (χ1n) is 4.22. The first-order chi connectivity index (χ1) is 6.11. The van der Waals surface area contributed by atoms with Crippen LogP contribution in [0.1, 0.15) is 19.8 Å². The van der Waals surface area contributed by atoms with Crippen molar-refractivity contribution in [3.63, 3.8) is 0 Å². The molecule has 0 saturated carbocycles. The van der Waals surface area contributed by atoms with Gasteiger partial charge in [0.05, 0.1) is 0 Å². The Balaban J connectivity index is 2.35. The molecule has 1 aliphatic heterocycles. The summed E-state index contributed by atoms with van der Waals surface area (Å²) < 4.78 is 5.13. The average molecular weight is 206 g/mol.